The molecule has 0 radical (unpaired) electrons. The van der Waals surface area contributed by atoms with Crippen LogP contribution >= 0.6 is 15.9 Å². The predicted molar refractivity (Wildman–Crippen MR) is 77.5 cm³/mol. The quantitative estimate of drug-likeness (QED) is 0.694. The molecule has 0 aliphatic heterocycles. The summed E-state index contributed by atoms with van der Waals surface area (Å²) in [6.45, 7) is 0.713. The second-order valence-corrected chi connectivity index (χ2v) is 4.80. The second kappa shape index (κ2) is 6.16. The summed E-state index contributed by atoms with van der Waals surface area (Å²) in [6.07, 6.45) is 3.28. The van der Waals surface area contributed by atoms with Crippen LogP contribution in [0.5, 0.6) is 0 Å². The molecule has 0 atom stereocenters. The fourth-order valence-electron chi connectivity index (χ4n) is 1.64. The number of benzene rings is 1. The monoisotopic (exact) mass is 317 g/mol. The van der Waals surface area contributed by atoms with E-state index in [0.29, 0.717) is 12.4 Å². The standard InChI is InChI=1S/C13H12BrN5/c1-19(7-10-4-2-3-5-11(10)14)13-6-12(16-8-15)17-9-18-13/h2-6,9H,7H2,1H3,(H,16,17,18). The van der Waals surface area contributed by atoms with E-state index in [-0.39, 0.29) is 0 Å². The number of nitrogens with one attached hydrogen (secondary N) is 1. The number of anilines is 2. The molecule has 2 aromatic rings. The SMILES string of the molecule is CN(Cc1ccccc1Br)c1cc(NC#N)ncn1. The highest BCUT2D eigenvalue weighted by atomic mass is 79.9. The van der Waals surface area contributed by atoms with E-state index >= 15 is 0 Å². The molecule has 1 aromatic carbocycles. The summed E-state index contributed by atoms with van der Waals surface area (Å²) in [7, 11) is 1.94. The molecule has 0 amide bonds. The first-order valence-corrected chi connectivity index (χ1v) is 6.41. The van der Waals surface area contributed by atoms with Crippen molar-refractivity contribution < 1.29 is 0 Å². The molecular weight excluding hydrogens is 306 g/mol. The molecule has 6 heteroatoms. The van der Waals surface area contributed by atoms with Crippen molar-refractivity contribution in [2.24, 2.45) is 0 Å². The van der Waals surface area contributed by atoms with Gasteiger partial charge in [-0.25, -0.2) is 9.97 Å². The maximum absolute atomic E-state index is 8.58. The predicted octanol–water partition coefficient (Wildman–Crippen LogP) is 2.77. The van der Waals surface area contributed by atoms with Crippen LogP contribution in [0.25, 0.3) is 0 Å². The van der Waals surface area contributed by atoms with Crippen LogP contribution in [0.15, 0.2) is 41.1 Å². The Morgan fingerprint density at radius 3 is 2.89 bits per heavy atom. The summed E-state index contributed by atoms with van der Waals surface area (Å²) < 4.78 is 1.06. The van der Waals surface area contributed by atoms with Gasteiger partial charge in [0.15, 0.2) is 6.19 Å². The summed E-state index contributed by atoms with van der Waals surface area (Å²) in [6, 6.07) is 9.77. The average Bonchev–Trinajstić information content (AvgIpc) is 2.42. The Balaban J connectivity index is 2.16. The number of hydrogen-bond acceptors (Lipinski definition) is 5. The Morgan fingerprint density at radius 2 is 2.16 bits per heavy atom. The van der Waals surface area contributed by atoms with E-state index in [1.807, 2.05) is 36.3 Å². The van der Waals surface area contributed by atoms with Crippen molar-refractivity contribution in [2.45, 2.75) is 6.54 Å². The highest BCUT2D eigenvalue weighted by Crippen LogP contribution is 2.20. The van der Waals surface area contributed by atoms with Crippen LogP contribution in [0.1, 0.15) is 5.56 Å². The largest absolute Gasteiger partial charge is 0.355 e. The average molecular weight is 318 g/mol. The van der Waals surface area contributed by atoms with E-state index in [2.05, 4.69) is 37.3 Å². The van der Waals surface area contributed by atoms with Gasteiger partial charge in [-0.2, -0.15) is 5.26 Å². The van der Waals surface area contributed by atoms with Gasteiger partial charge in [0.05, 0.1) is 0 Å². The molecule has 0 aliphatic rings. The molecule has 5 nitrogen and oxygen atoms in total. The fourth-order valence-corrected chi connectivity index (χ4v) is 2.05. The van der Waals surface area contributed by atoms with E-state index < -0.39 is 0 Å². The molecule has 96 valence electrons. The smallest absolute Gasteiger partial charge is 0.182 e. The van der Waals surface area contributed by atoms with Crippen molar-refractivity contribution in [3.8, 4) is 6.19 Å². The van der Waals surface area contributed by atoms with Gasteiger partial charge in [0.1, 0.15) is 18.0 Å². The molecule has 0 unspecified atom stereocenters. The first-order chi connectivity index (χ1) is 9.20. The lowest BCUT2D eigenvalue weighted by molar-refractivity contribution is 0.888. The zero-order valence-electron chi connectivity index (χ0n) is 10.3. The minimum Gasteiger partial charge on any atom is -0.355 e. The minimum atomic E-state index is 0.492. The topological polar surface area (TPSA) is 64.8 Å². The van der Waals surface area contributed by atoms with Gasteiger partial charge in [0.25, 0.3) is 0 Å². The zero-order valence-corrected chi connectivity index (χ0v) is 11.9. The molecule has 1 N–H and O–H groups in total. The third kappa shape index (κ3) is 3.42. The van der Waals surface area contributed by atoms with E-state index in [0.717, 1.165) is 10.3 Å². The van der Waals surface area contributed by atoms with Gasteiger partial charge in [-0.1, -0.05) is 34.1 Å². The van der Waals surface area contributed by atoms with Gasteiger partial charge < -0.3 is 4.90 Å². The Bertz CT molecular complexity index is 608. The van der Waals surface area contributed by atoms with Crippen LogP contribution in [-0.4, -0.2) is 17.0 Å². The van der Waals surface area contributed by atoms with Crippen LogP contribution in [0, 0.1) is 11.5 Å². The summed E-state index contributed by atoms with van der Waals surface area (Å²) in [4.78, 5) is 10.1. The molecule has 19 heavy (non-hydrogen) atoms. The molecular formula is C13H12BrN5. The second-order valence-electron chi connectivity index (χ2n) is 3.95. The van der Waals surface area contributed by atoms with Crippen LogP contribution in [0.4, 0.5) is 11.6 Å². The van der Waals surface area contributed by atoms with Gasteiger partial charge >= 0.3 is 0 Å². The van der Waals surface area contributed by atoms with Crippen molar-refractivity contribution >= 4 is 27.6 Å². The van der Waals surface area contributed by atoms with E-state index in [1.165, 1.54) is 11.9 Å². The normalized spacial score (nSPS) is 9.74. The summed E-state index contributed by atoms with van der Waals surface area (Å²) in [5, 5.41) is 11.1. The van der Waals surface area contributed by atoms with E-state index in [1.54, 1.807) is 6.07 Å². The highest BCUT2D eigenvalue weighted by molar-refractivity contribution is 9.10. The Kier molecular flexibility index (Phi) is 4.31. The number of rotatable bonds is 4. The fraction of sp³-hybridized carbons (Fsp3) is 0.154. The lowest BCUT2D eigenvalue weighted by Crippen LogP contribution is -2.18. The number of nitrogens with zero attached hydrogens (tertiary/aromatic N) is 4. The first-order valence-electron chi connectivity index (χ1n) is 5.62. The maximum atomic E-state index is 8.58. The zero-order chi connectivity index (χ0) is 13.7. The van der Waals surface area contributed by atoms with Gasteiger partial charge in [0.2, 0.25) is 0 Å². The minimum absolute atomic E-state index is 0.492. The van der Waals surface area contributed by atoms with Crippen LogP contribution in [0.3, 0.4) is 0 Å². The number of aromatic nitrogens is 2. The van der Waals surface area contributed by atoms with Gasteiger partial charge in [-0.15, -0.1) is 0 Å². The number of nitriles is 1. The summed E-state index contributed by atoms with van der Waals surface area (Å²) in [5.74, 6) is 1.25. The van der Waals surface area contributed by atoms with Crippen LogP contribution in [-0.2, 0) is 6.54 Å². The van der Waals surface area contributed by atoms with Gasteiger partial charge in [-0.05, 0) is 11.6 Å². The lowest BCUT2D eigenvalue weighted by Gasteiger charge is -2.19. The summed E-state index contributed by atoms with van der Waals surface area (Å²) >= 11 is 3.52. The van der Waals surface area contributed by atoms with Gasteiger partial charge in [0, 0.05) is 24.1 Å². The highest BCUT2D eigenvalue weighted by Gasteiger charge is 2.07. The Hall–Kier alpha value is -2.13. The molecule has 1 heterocycles. The van der Waals surface area contributed by atoms with Crippen LogP contribution in [0.2, 0.25) is 0 Å². The maximum Gasteiger partial charge on any atom is 0.182 e. The molecule has 1 aromatic heterocycles. The number of hydrogen-bond donors (Lipinski definition) is 1. The molecule has 2 rings (SSSR count). The van der Waals surface area contributed by atoms with E-state index in [9.17, 15) is 0 Å². The van der Waals surface area contributed by atoms with Crippen molar-refractivity contribution in [3.63, 3.8) is 0 Å². The van der Waals surface area contributed by atoms with Crippen molar-refractivity contribution in [1.82, 2.24) is 9.97 Å². The molecule has 0 spiro atoms. The Morgan fingerprint density at radius 1 is 1.37 bits per heavy atom. The van der Waals surface area contributed by atoms with Crippen molar-refractivity contribution in [3.05, 3.63) is 46.7 Å². The van der Waals surface area contributed by atoms with Crippen LogP contribution < -0.4 is 10.2 Å². The number of halogens is 1. The molecule has 0 fully saturated rings. The van der Waals surface area contributed by atoms with E-state index in [4.69, 9.17) is 5.26 Å². The van der Waals surface area contributed by atoms with Crippen molar-refractivity contribution in [2.75, 3.05) is 17.3 Å². The Labute approximate surface area is 120 Å². The van der Waals surface area contributed by atoms with Crippen molar-refractivity contribution in [1.29, 1.82) is 5.26 Å². The third-order valence-electron chi connectivity index (χ3n) is 2.59. The molecule has 0 bridgehead atoms. The lowest BCUT2D eigenvalue weighted by atomic mass is 10.2. The first kappa shape index (κ1) is 13.3. The molecule has 0 saturated heterocycles. The third-order valence-corrected chi connectivity index (χ3v) is 3.37. The van der Waals surface area contributed by atoms with Gasteiger partial charge in [-0.3, -0.25) is 5.32 Å². The summed E-state index contributed by atoms with van der Waals surface area (Å²) in [5.41, 5.74) is 1.17. The molecule has 0 aliphatic carbocycles. The molecule has 0 saturated carbocycles.